The monoisotopic (exact) mass is 270 g/mol. The van der Waals surface area contributed by atoms with Crippen molar-refractivity contribution < 1.29 is 14.6 Å². The Balaban J connectivity index is 1.77. The molecule has 0 amide bonds. The van der Waals surface area contributed by atoms with Crippen LogP contribution in [-0.4, -0.2) is 31.2 Å². The van der Waals surface area contributed by atoms with Crippen LogP contribution in [0.4, 0.5) is 0 Å². The molecule has 1 N–H and O–H groups in total. The highest BCUT2D eigenvalue weighted by atomic mass is 16.7. The molecule has 0 bridgehead atoms. The second kappa shape index (κ2) is 12.6. The summed E-state index contributed by atoms with van der Waals surface area (Å²) in [6.45, 7) is 2.01. The number of hydrogen-bond acceptors (Lipinski definition) is 3. The van der Waals surface area contributed by atoms with Gasteiger partial charge in [-0.05, 0) is 51.4 Å². The minimum atomic E-state index is 0.0724. The average molecular weight is 270 g/mol. The molecule has 112 valence electrons. The van der Waals surface area contributed by atoms with Crippen LogP contribution >= 0.6 is 0 Å². The molecule has 0 aromatic heterocycles. The van der Waals surface area contributed by atoms with Crippen molar-refractivity contribution in [2.24, 2.45) is 0 Å². The van der Waals surface area contributed by atoms with Crippen LogP contribution in [-0.2, 0) is 9.47 Å². The highest BCUT2D eigenvalue weighted by Gasteiger charge is 2.12. The second-order valence-electron chi connectivity index (χ2n) is 5.21. The van der Waals surface area contributed by atoms with Crippen molar-refractivity contribution in [1.82, 2.24) is 0 Å². The number of hydrogen-bond donors (Lipinski definition) is 1. The Labute approximate surface area is 118 Å². The molecule has 0 radical (unpaired) electrons. The van der Waals surface area contributed by atoms with Crippen molar-refractivity contribution >= 4 is 0 Å². The van der Waals surface area contributed by atoms with Crippen LogP contribution in [0.5, 0.6) is 0 Å². The molecule has 0 aromatic carbocycles. The average Bonchev–Trinajstić information content (AvgIpc) is 2.46. The van der Waals surface area contributed by atoms with Crippen LogP contribution in [0.2, 0.25) is 0 Å². The first-order valence-electron chi connectivity index (χ1n) is 7.92. The maximum atomic E-state index is 8.63. The summed E-state index contributed by atoms with van der Waals surface area (Å²) in [5.74, 6) is 0. The summed E-state index contributed by atoms with van der Waals surface area (Å²) >= 11 is 0. The molecule has 1 atom stereocenters. The lowest BCUT2D eigenvalue weighted by Gasteiger charge is -2.22. The van der Waals surface area contributed by atoms with Crippen molar-refractivity contribution in [1.29, 1.82) is 0 Å². The SMILES string of the molecule is OCCC/C=C\CCCCCCOC1CCCCO1. The molecule has 19 heavy (non-hydrogen) atoms. The van der Waals surface area contributed by atoms with Crippen LogP contribution < -0.4 is 0 Å². The predicted molar refractivity (Wildman–Crippen MR) is 78.1 cm³/mol. The first-order valence-corrected chi connectivity index (χ1v) is 7.92. The van der Waals surface area contributed by atoms with Crippen molar-refractivity contribution in [3.63, 3.8) is 0 Å². The zero-order chi connectivity index (χ0) is 13.6. The van der Waals surface area contributed by atoms with Crippen LogP contribution in [0.15, 0.2) is 12.2 Å². The zero-order valence-corrected chi connectivity index (χ0v) is 12.2. The van der Waals surface area contributed by atoms with Crippen LogP contribution in [0.3, 0.4) is 0 Å². The van der Waals surface area contributed by atoms with Crippen molar-refractivity contribution in [2.45, 2.75) is 70.5 Å². The fraction of sp³-hybridized carbons (Fsp3) is 0.875. The molecule has 1 rings (SSSR count). The molecule has 3 heteroatoms. The molecule has 0 spiro atoms. The van der Waals surface area contributed by atoms with E-state index in [-0.39, 0.29) is 6.29 Å². The molecule has 1 fully saturated rings. The molecule has 0 aromatic rings. The predicted octanol–water partition coefficient (Wildman–Crippen LogP) is 3.81. The van der Waals surface area contributed by atoms with Crippen LogP contribution in [0.1, 0.15) is 64.2 Å². The molecule has 0 saturated carbocycles. The third-order valence-electron chi connectivity index (χ3n) is 3.40. The first kappa shape index (κ1) is 16.7. The summed E-state index contributed by atoms with van der Waals surface area (Å²) in [7, 11) is 0. The summed E-state index contributed by atoms with van der Waals surface area (Å²) in [5.41, 5.74) is 0. The Morgan fingerprint density at radius 2 is 1.79 bits per heavy atom. The summed E-state index contributed by atoms with van der Waals surface area (Å²) in [6.07, 6.45) is 16.0. The van der Waals surface area contributed by atoms with E-state index in [9.17, 15) is 0 Å². The molecular formula is C16H30O3. The topological polar surface area (TPSA) is 38.7 Å². The fourth-order valence-electron chi connectivity index (χ4n) is 2.22. The lowest BCUT2D eigenvalue weighted by molar-refractivity contribution is -0.162. The summed E-state index contributed by atoms with van der Waals surface area (Å²) in [6, 6.07) is 0. The number of rotatable bonds is 11. The van der Waals surface area contributed by atoms with Crippen molar-refractivity contribution in [2.75, 3.05) is 19.8 Å². The highest BCUT2D eigenvalue weighted by molar-refractivity contribution is 4.81. The van der Waals surface area contributed by atoms with E-state index in [0.717, 1.165) is 45.3 Å². The van der Waals surface area contributed by atoms with Crippen LogP contribution in [0, 0.1) is 0 Å². The fourth-order valence-corrected chi connectivity index (χ4v) is 2.22. The highest BCUT2D eigenvalue weighted by Crippen LogP contribution is 2.14. The van der Waals surface area contributed by atoms with E-state index in [2.05, 4.69) is 12.2 Å². The molecule has 1 aliphatic rings. The summed E-state index contributed by atoms with van der Waals surface area (Å²) < 4.78 is 11.2. The Morgan fingerprint density at radius 1 is 1.00 bits per heavy atom. The third kappa shape index (κ3) is 10.1. The number of aliphatic hydroxyl groups excluding tert-OH is 1. The Bertz CT molecular complexity index is 210. The smallest absolute Gasteiger partial charge is 0.157 e. The molecule has 1 aliphatic heterocycles. The van der Waals surface area contributed by atoms with Gasteiger partial charge in [-0.3, -0.25) is 0 Å². The summed E-state index contributed by atoms with van der Waals surface area (Å²) in [5, 5.41) is 8.63. The molecule has 3 nitrogen and oxygen atoms in total. The molecule has 1 saturated heterocycles. The largest absolute Gasteiger partial charge is 0.396 e. The first-order chi connectivity index (χ1) is 9.43. The zero-order valence-electron chi connectivity index (χ0n) is 12.2. The van der Waals surface area contributed by atoms with Gasteiger partial charge in [0.1, 0.15) is 0 Å². The Kier molecular flexibility index (Phi) is 11.1. The minimum Gasteiger partial charge on any atom is -0.396 e. The Morgan fingerprint density at radius 3 is 2.53 bits per heavy atom. The molecule has 1 heterocycles. The van der Waals surface area contributed by atoms with Gasteiger partial charge in [0.15, 0.2) is 6.29 Å². The van der Waals surface area contributed by atoms with Gasteiger partial charge >= 0.3 is 0 Å². The van der Waals surface area contributed by atoms with Gasteiger partial charge < -0.3 is 14.6 Å². The van der Waals surface area contributed by atoms with E-state index < -0.39 is 0 Å². The maximum Gasteiger partial charge on any atom is 0.157 e. The number of allylic oxidation sites excluding steroid dienone is 2. The lowest BCUT2D eigenvalue weighted by Crippen LogP contribution is -2.22. The van der Waals surface area contributed by atoms with Gasteiger partial charge in [-0.25, -0.2) is 0 Å². The quantitative estimate of drug-likeness (QED) is 0.458. The summed E-state index contributed by atoms with van der Waals surface area (Å²) in [4.78, 5) is 0. The van der Waals surface area contributed by atoms with E-state index in [4.69, 9.17) is 14.6 Å². The lowest BCUT2D eigenvalue weighted by atomic mass is 10.1. The van der Waals surface area contributed by atoms with Gasteiger partial charge in [-0.15, -0.1) is 0 Å². The van der Waals surface area contributed by atoms with Gasteiger partial charge in [-0.1, -0.05) is 25.0 Å². The van der Waals surface area contributed by atoms with Gasteiger partial charge in [0.2, 0.25) is 0 Å². The molecule has 1 unspecified atom stereocenters. The van der Waals surface area contributed by atoms with E-state index in [1.54, 1.807) is 0 Å². The standard InChI is InChI=1S/C16H30O3/c17-13-9-6-4-2-1-3-5-7-10-14-18-16-12-8-11-15-19-16/h2,4,16-17H,1,3,5-15H2/b4-2-. The van der Waals surface area contributed by atoms with E-state index in [0.29, 0.717) is 6.61 Å². The van der Waals surface area contributed by atoms with Crippen molar-refractivity contribution in [3.05, 3.63) is 12.2 Å². The minimum absolute atomic E-state index is 0.0724. The van der Waals surface area contributed by atoms with Crippen LogP contribution in [0.25, 0.3) is 0 Å². The van der Waals surface area contributed by atoms with Gasteiger partial charge in [-0.2, -0.15) is 0 Å². The van der Waals surface area contributed by atoms with Gasteiger partial charge in [0, 0.05) is 19.8 Å². The maximum absolute atomic E-state index is 8.63. The number of unbranched alkanes of at least 4 members (excludes halogenated alkanes) is 5. The van der Waals surface area contributed by atoms with Gasteiger partial charge in [0.25, 0.3) is 0 Å². The molecular weight excluding hydrogens is 240 g/mol. The van der Waals surface area contributed by atoms with E-state index in [1.807, 2.05) is 0 Å². The second-order valence-corrected chi connectivity index (χ2v) is 5.21. The number of aliphatic hydroxyl groups is 1. The third-order valence-corrected chi connectivity index (χ3v) is 3.40. The molecule has 0 aliphatic carbocycles. The van der Waals surface area contributed by atoms with Gasteiger partial charge in [0.05, 0.1) is 0 Å². The van der Waals surface area contributed by atoms with Crippen molar-refractivity contribution in [3.8, 4) is 0 Å². The normalized spacial score (nSPS) is 20.2. The number of ether oxygens (including phenoxy) is 2. The Hall–Kier alpha value is -0.380. The van der Waals surface area contributed by atoms with E-state index >= 15 is 0 Å². The van der Waals surface area contributed by atoms with E-state index in [1.165, 1.54) is 32.1 Å².